The summed E-state index contributed by atoms with van der Waals surface area (Å²) in [4.78, 5) is 0. The van der Waals surface area contributed by atoms with E-state index in [1.165, 1.54) is 0 Å². The van der Waals surface area contributed by atoms with Crippen LogP contribution in [0.5, 0.6) is 0 Å². The largest absolute Gasteiger partial charge is 1.00 e. The van der Waals surface area contributed by atoms with Crippen molar-refractivity contribution in [3.05, 3.63) is 50.6 Å². The minimum absolute atomic E-state index is 0. The fourth-order valence-corrected chi connectivity index (χ4v) is 1.54. The normalized spacial score (nSPS) is 9.71. The van der Waals surface area contributed by atoms with Gasteiger partial charge >= 0.3 is 18.9 Å². The second kappa shape index (κ2) is 9.09. The van der Waals surface area contributed by atoms with E-state index in [2.05, 4.69) is 26.3 Å². The summed E-state index contributed by atoms with van der Waals surface area (Å²) in [6.45, 7) is 18.8. The average molecular weight is 185 g/mol. The van der Waals surface area contributed by atoms with Crippen molar-refractivity contribution in [2.45, 2.75) is 0 Å². The molecule has 0 saturated heterocycles. The predicted octanol–water partition coefficient (Wildman–Crippen LogP) is -0.449. The first-order valence-electron chi connectivity index (χ1n) is 4.53. The third-order valence-corrected chi connectivity index (χ3v) is 2.07. The molecule has 0 radical (unpaired) electrons. The Labute approximate surface area is 100 Å². The predicted molar refractivity (Wildman–Crippen MR) is 60.5 cm³/mol. The van der Waals surface area contributed by atoms with Crippen LogP contribution in [-0.2, 0) is 0 Å². The maximum atomic E-state index is 3.77. The molecular weight excluding hydrogens is 165 g/mol. The maximum absolute atomic E-state index is 3.77. The minimum Gasteiger partial charge on any atom is -0.311 e. The molecule has 1 nitrogen and oxygen atoms in total. The van der Waals surface area contributed by atoms with Crippen molar-refractivity contribution < 1.29 is 23.3 Å². The minimum atomic E-state index is 0. The summed E-state index contributed by atoms with van der Waals surface area (Å²) in [7, 11) is 0. The van der Waals surface area contributed by atoms with E-state index in [1.54, 1.807) is 0 Å². The fraction of sp³-hybridized carbons (Fsp3) is 0.333. The number of hydrogen-bond acceptors (Lipinski definition) is 0. The van der Waals surface area contributed by atoms with Crippen molar-refractivity contribution in [2.24, 2.45) is 0 Å². The molecule has 2 heteroatoms. The van der Waals surface area contributed by atoms with Gasteiger partial charge in [0.25, 0.3) is 0 Å². The number of rotatable bonds is 8. The first kappa shape index (κ1) is 16.0. The van der Waals surface area contributed by atoms with Crippen molar-refractivity contribution in [3.8, 4) is 0 Å². The Kier molecular flexibility index (Phi) is 10.4. The van der Waals surface area contributed by atoms with Gasteiger partial charge in [0.2, 0.25) is 0 Å². The molecule has 0 saturated carbocycles. The van der Waals surface area contributed by atoms with Gasteiger partial charge in [0, 0.05) is 0 Å². The summed E-state index contributed by atoms with van der Waals surface area (Å²) in [5.74, 6) is 0. The van der Waals surface area contributed by atoms with Gasteiger partial charge in [0.1, 0.15) is 0 Å². The third-order valence-electron chi connectivity index (χ3n) is 2.07. The van der Waals surface area contributed by atoms with Crippen molar-refractivity contribution in [3.63, 3.8) is 0 Å². The van der Waals surface area contributed by atoms with Crippen molar-refractivity contribution in [1.29, 1.82) is 0 Å². The topological polar surface area (TPSA) is 0 Å². The molecule has 0 unspecified atom stereocenters. The van der Waals surface area contributed by atoms with E-state index in [-0.39, 0.29) is 18.9 Å². The van der Waals surface area contributed by atoms with E-state index in [0.29, 0.717) is 0 Å². The molecule has 0 fully saturated rings. The van der Waals surface area contributed by atoms with Gasteiger partial charge in [-0.1, -0.05) is 26.3 Å². The molecular formula is C12H20LiN+2. The molecule has 0 aliphatic heterocycles. The smallest absolute Gasteiger partial charge is 0.311 e. The van der Waals surface area contributed by atoms with Crippen LogP contribution in [0.1, 0.15) is 0 Å². The quantitative estimate of drug-likeness (QED) is 0.273. The molecule has 0 aliphatic carbocycles. The molecule has 0 spiro atoms. The van der Waals surface area contributed by atoms with E-state index in [9.17, 15) is 0 Å². The first-order valence-corrected chi connectivity index (χ1v) is 4.53. The number of hydrogen-bond donors (Lipinski definition) is 0. The molecule has 0 aromatic heterocycles. The Morgan fingerprint density at radius 3 is 1.00 bits per heavy atom. The summed E-state index contributed by atoms with van der Waals surface area (Å²) in [6.07, 6.45) is 7.76. The molecule has 72 valence electrons. The van der Waals surface area contributed by atoms with Gasteiger partial charge < -0.3 is 4.48 Å². The monoisotopic (exact) mass is 185 g/mol. The first-order chi connectivity index (χ1) is 6.24. The van der Waals surface area contributed by atoms with E-state index in [4.69, 9.17) is 0 Å². The van der Waals surface area contributed by atoms with E-state index in [1.807, 2.05) is 24.3 Å². The van der Waals surface area contributed by atoms with Gasteiger partial charge in [-0.25, -0.2) is 0 Å². The Morgan fingerprint density at radius 2 is 0.857 bits per heavy atom. The molecule has 0 aromatic carbocycles. The average Bonchev–Trinajstić information content (AvgIpc) is 2.06. The fourth-order valence-electron chi connectivity index (χ4n) is 1.54. The summed E-state index contributed by atoms with van der Waals surface area (Å²) >= 11 is 0. The molecule has 0 N–H and O–H groups in total. The van der Waals surface area contributed by atoms with Crippen molar-refractivity contribution >= 4 is 0 Å². The zero-order valence-electron chi connectivity index (χ0n) is 9.41. The second-order valence-electron chi connectivity index (χ2n) is 3.23. The van der Waals surface area contributed by atoms with Crippen LogP contribution in [0.3, 0.4) is 0 Å². The van der Waals surface area contributed by atoms with E-state index >= 15 is 0 Å². The Morgan fingerprint density at radius 1 is 0.643 bits per heavy atom. The summed E-state index contributed by atoms with van der Waals surface area (Å²) in [6, 6.07) is 0. The molecule has 0 aliphatic rings. The van der Waals surface area contributed by atoms with E-state index < -0.39 is 0 Å². The maximum Gasteiger partial charge on any atom is 1.00 e. The molecule has 0 atom stereocenters. The van der Waals surface area contributed by atoms with Gasteiger partial charge in [0.05, 0.1) is 26.2 Å². The zero-order valence-corrected chi connectivity index (χ0v) is 9.41. The van der Waals surface area contributed by atoms with Crippen LogP contribution < -0.4 is 18.9 Å². The van der Waals surface area contributed by atoms with Gasteiger partial charge in [-0.3, -0.25) is 0 Å². The van der Waals surface area contributed by atoms with Gasteiger partial charge in [0.15, 0.2) is 0 Å². The van der Waals surface area contributed by atoms with Gasteiger partial charge in [-0.2, -0.15) is 0 Å². The molecule has 0 amide bonds. The summed E-state index contributed by atoms with van der Waals surface area (Å²) in [5.41, 5.74) is 0. The van der Waals surface area contributed by atoms with Gasteiger partial charge in [-0.05, 0) is 24.3 Å². The second-order valence-corrected chi connectivity index (χ2v) is 3.23. The SMILES string of the molecule is C=CC[N+](CC=C)(CC=C)CC=C.[Li+]. The summed E-state index contributed by atoms with van der Waals surface area (Å²) < 4.78 is 0.903. The number of quaternary nitrogens is 1. The van der Waals surface area contributed by atoms with Crippen molar-refractivity contribution in [2.75, 3.05) is 26.2 Å². The van der Waals surface area contributed by atoms with Crippen LogP contribution in [0.15, 0.2) is 50.6 Å². The Hall–Kier alpha value is -0.483. The van der Waals surface area contributed by atoms with Crippen LogP contribution in [0, 0.1) is 0 Å². The molecule has 0 bridgehead atoms. The molecule has 0 heterocycles. The Balaban J connectivity index is 0. The third kappa shape index (κ3) is 5.29. The standard InChI is InChI=1S/C12H20N.Li/c1-5-9-13(10-6-2,11-7-3)12-8-4;/h5-8H,1-4,9-12H2;/q2*+1. The van der Waals surface area contributed by atoms with Crippen LogP contribution >= 0.6 is 0 Å². The van der Waals surface area contributed by atoms with Crippen LogP contribution in [0.25, 0.3) is 0 Å². The van der Waals surface area contributed by atoms with Gasteiger partial charge in [-0.15, -0.1) is 0 Å². The zero-order chi connectivity index (χ0) is 10.2. The Bertz CT molecular complexity index is 151. The van der Waals surface area contributed by atoms with Crippen molar-refractivity contribution in [1.82, 2.24) is 0 Å². The van der Waals surface area contributed by atoms with Crippen LogP contribution in [0.2, 0.25) is 0 Å². The van der Waals surface area contributed by atoms with Crippen LogP contribution in [0.4, 0.5) is 0 Å². The molecule has 0 rings (SSSR count). The molecule has 14 heavy (non-hydrogen) atoms. The molecule has 0 aromatic rings. The summed E-state index contributed by atoms with van der Waals surface area (Å²) in [5, 5.41) is 0. The number of nitrogens with zero attached hydrogens (tertiary/aromatic N) is 1. The van der Waals surface area contributed by atoms with E-state index in [0.717, 1.165) is 30.7 Å². The van der Waals surface area contributed by atoms with Crippen LogP contribution in [-0.4, -0.2) is 30.7 Å².